The molecule has 1 N–H and O–H groups in total. The number of nitrogens with one attached hydrogen (secondary N) is 1. The molecule has 0 radical (unpaired) electrons. The second kappa shape index (κ2) is 9.97. The zero-order valence-corrected chi connectivity index (χ0v) is 20.5. The fraction of sp³-hybridized carbons (Fsp3) is 0.321. The average Bonchev–Trinajstić information content (AvgIpc) is 3.24. The van der Waals surface area contributed by atoms with E-state index in [0.717, 1.165) is 41.0 Å². The van der Waals surface area contributed by atoms with Crippen molar-refractivity contribution < 1.29 is 18.4 Å². The van der Waals surface area contributed by atoms with E-state index in [-0.39, 0.29) is 17.6 Å². The molecule has 1 aromatic heterocycles. The number of piperazine rings is 1. The molecule has 5 rings (SSSR count). The van der Waals surface area contributed by atoms with E-state index in [2.05, 4.69) is 10.5 Å². The summed E-state index contributed by atoms with van der Waals surface area (Å²) in [7, 11) is 0. The van der Waals surface area contributed by atoms with Gasteiger partial charge in [-0.1, -0.05) is 29.8 Å². The third-order valence-corrected chi connectivity index (χ3v) is 6.85. The summed E-state index contributed by atoms with van der Waals surface area (Å²) in [6, 6.07) is 14.0. The predicted octanol–water partition coefficient (Wildman–Crippen LogP) is 4.47. The van der Waals surface area contributed by atoms with Crippen LogP contribution in [0.1, 0.15) is 56.2 Å². The second-order valence-corrected chi connectivity index (χ2v) is 9.31. The molecule has 0 spiro atoms. The van der Waals surface area contributed by atoms with Crippen molar-refractivity contribution in [2.75, 3.05) is 31.1 Å². The van der Waals surface area contributed by atoms with E-state index in [0.29, 0.717) is 49.6 Å². The van der Waals surface area contributed by atoms with Crippen molar-refractivity contribution in [2.45, 2.75) is 33.1 Å². The molecular weight excluding hydrogens is 459 g/mol. The lowest BCUT2D eigenvalue weighted by Crippen LogP contribution is -2.49. The molecule has 186 valence electrons. The van der Waals surface area contributed by atoms with Crippen molar-refractivity contribution in [2.24, 2.45) is 5.10 Å². The molecule has 2 amide bonds. The number of carbonyl (C=O) groups is 2. The van der Waals surface area contributed by atoms with Crippen LogP contribution in [0.2, 0.25) is 0 Å². The summed E-state index contributed by atoms with van der Waals surface area (Å²) in [6.07, 6.45) is 2.24. The third kappa shape index (κ3) is 4.63. The average molecular weight is 489 g/mol. The van der Waals surface area contributed by atoms with E-state index in [1.165, 1.54) is 6.07 Å². The first-order valence-electron chi connectivity index (χ1n) is 12.3. The molecule has 3 aromatic rings. The number of amides is 2. The molecule has 0 bridgehead atoms. The highest BCUT2D eigenvalue weighted by molar-refractivity contribution is 6.07. The Balaban J connectivity index is 1.31. The van der Waals surface area contributed by atoms with Gasteiger partial charge in [0.15, 0.2) is 5.76 Å². The fourth-order valence-corrected chi connectivity index (χ4v) is 4.96. The van der Waals surface area contributed by atoms with Crippen LogP contribution < -0.4 is 10.3 Å². The van der Waals surface area contributed by atoms with Gasteiger partial charge in [-0.05, 0) is 51.0 Å². The number of carbonyl (C=O) groups excluding carboxylic acids is 2. The number of hydrogen-bond donors (Lipinski definition) is 1. The number of anilines is 1. The van der Waals surface area contributed by atoms with E-state index < -0.39 is 0 Å². The van der Waals surface area contributed by atoms with Gasteiger partial charge >= 0.3 is 0 Å². The summed E-state index contributed by atoms with van der Waals surface area (Å²) in [5.41, 5.74) is 7.06. The number of rotatable bonds is 4. The summed E-state index contributed by atoms with van der Waals surface area (Å²) in [6.45, 7) is 5.85. The Morgan fingerprint density at radius 3 is 2.53 bits per heavy atom. The van der Waals surface area contributed by atoms with Crippen LogP contribution in [0.4, 0.5) is 10.1 Å². The predicted molar refractivity (Wildman–Crippen MR) is 136 cm³/mol. The molecule has 1 saturated heterocycles. The smallest absolute Gasteiger partial charge is 0.289 e. The van der Waals surface area contributed by atoms with Gasteiger partial charge in [-0.3, -0.25) is 9.59 Å². The summed E-state index contributed by atoms with van der Waals surface area (Å²) >= 11 is 0. The lowest BCUT2D eigenvalue weighted by molar-refractivity contribution is 0.0711. The molecule has 1 aliphatic carbocycles. The number of para-hydroxylation sites is 1. The van der Waals surface area contributed by atoms with Crippen LogP contribution >= 0.6 is 0 Å². The second-order valence-electron chi connectivity index (χ2n) is 9.31. The van der Waals surface area contributed by atoms with Gasteiger partial charge in [0.05, 0.1) is 11.4 Å². The van der Waals surface area contributed by atoms with Crippen molar-refractivity contribution in [3.63, 3.8) is 0 Å². The van der Waals surface area contributed by atoms with Crippen molar-refractivity contribution in [1.82, 2.24) is 10.3 Å². The molecule has 8 heteroatoms. The molecule has 2 aromatic carbocycles. The van der Waals surface area contributed by atoms with Gasteiger partial charge in [0.1, 0.15) is 11.6 Å². The van der Waals surface area contributed by atoms with Crippen LogP contribution in [-0.2, 0) is 6.42 Å². The minimum atomic E-state index is -0.275. The van der Waals surface area contributed by atoms with Crippen LogP contribution in [0.25, 0.3) is 0 Å². The molecule has 0 saturated carbocycles. The van der Waals surface area contributed by atoms with Crippen molar-refractivity contribution in [3.05, 3.63) is 88.1 Å². The number of aryl methyl sites for hydroxylation is 2. The van der Waals surface area contributed by atoms with Gasteiger partial charge in [-0.15, -0.1) is 0 Å². The minimum Gasteiger partial charge on any atom is -0.455 e. The first kappa shape index (κ1) is 23.8. The van der Waals surface area contributed by atoms with Crippen molar-refractivity contribution in [1.29, 1.82) is 0 Å². The zero-order valence-electron chi connectivity index (χ0n) is 20.5. The molecule has 1 fully saturated rings. The minimum absolute atomic E-state index is 0.168. The first-order chi connectivity index (χ1) is 17.4. The summed E-state index contributed by atoms with van der Waals surface area (Å²) in [4.78, 5) is 29.7. The molecule has 1 aliphatic heterocycles. The van der Waals surface area contributed by atoms with Crippen LogP contribution in [0.15, 0.2) is 58.0 Å². The lowest BCUT2D eigenvalue weighted by atomic mass is 9.93. The zero-order chi connectivity index (χ0) is 25.2. The Morgan fingerprint density at radius 2 is 1.78 bits per heavy atom. The van der Waals surface area contributed by atoms with E-state index in [9.17, 15) is 14.0 Å². The monoisotopic (exact) mass is 488 g/mol. The highest BCUT2D eigenvalue weighted by atomic mass is 19.1. The first-order valence-corrected chi connectivity index (χ1v) is 12.3. The number of hydrogen-bond acceptors (Lipinski definition) is 5. The standard InChI is InChI=1S/C28H29FN4O3/c1-18-7-5-8-20(17-18)27(34)31-30-22-10-6-12-24-25(22)19(2)26(36-24)28(35)33-15-13-32(14-16-33)23-11-4-3-9-21(23)29/h3-5,7-9,11,17H,6,10,12-16H2,1-2H3,(H,31,34)/b30-22+. The van der Waals surface area contributed by atoms with Crippen LogP contribution in [0, 0.1) is 19.7 Å². The van der Waals surface area contributed by atoms with Crippen molar-refractivity contribution in [3.8, 4) is 0 Å². The van der Waals surface area contributed by atoms with Crippen LogP contribution in [-0.4, -0.2) is 48.6 Å². The summed E-state index contributed by atoms with van der Waals surface area (Å²) in [5.74, 6) is 0.351. The lowest BCUT2D eigenvalue weighted by Gasteiger charge is -2.35. The Labute approximate surface area is 209 Å². The molecule has 7 nitrogen and oxygen atoms in total. The number of hydrazone groups is 1. The number of fused-ring (bicyclic) bond motifs is 1. The maximum atomic E-state index is 14.2. The molecular formula is C28H29FN4O3. The topological polar surface area (TPSA) is 78.1 Å². The molecule has 0 atom stereocenters. The Hall–Kier alpha value is -3.94. The maximum absolute atomic E-state index is 14.2. The van der Waals surface area contributed by atoms with Gasteiger partial charge in [-0.25, -0.2) is 9.82 Å². The normalized spacial score (nSPS) is 16.7. The van der Waals surface area contributed by atoms with Crippen molar-refractivity contribution >= 4 is 23.2 Å². The maximum Gasteiger partial charge on any atom is 0.289 e. The van der Waals surface area contributed by atoms with E-state index in [4.69, 9.17) is 4.42 Å². The number of halogens is 1. The van der Waals surface area contributed by atoms with Crippen LogP contribution in [0.5, 0.6) is 0 Å². The molecule has 36 heavy (non-hydrogen) atoms. The van der Waals surface area contributed by atoms with Gasteiger partial charge in [0.25, 0.3) is 11.8 Å². The highest BCUT2D eigenvalue weighted by Gasteiger charge is 2.32. The summed E-state index contributed by atoms with van der Waals surface area (Å²) < 4.78 is 20.2. The molecule has 0 unspecified atom stereocenters. The van der Waals surface area contributed by atoms with E-state index in [1.807, 2.05) is 43.0 Å². The third-order valence-electron chi connectivity index (χ3n) is 6.85. The number of nitrogens with zero attached hydrogens (tertiary/aromatic N) is 3. The van der Waals surface area contributed by atoms with Crippen LogP contribution in [0.3, 0.4) is 0 Å². The number of benzene rings is 2. The molecule has 2 aliphatic rings. The number of furan rings is 1. The quantitative estimate of drug-likeness (QED) is 0.550. The molecule has 2 heterocycles. The van der Waals surface area contributed by atoms with Gasteiger partial charge < -0.3 is 14.2 Å². The SMILES string of the molecule is Cc1cccc(C(=O)N/N=C2\CCCc3oc(C(=O)N4CCN(c5ccccc5F)CC4)c(C)c32)c1. The van der Waals surface area contributed by atoms with Gasteiger partial charge in [-0.2, -0.15) is 5.10 Å². The highest BCUT2D eigenvalue weighted by Crippen LogP contribution is 2.31. The Bertz CT molecular complexity index is 1340. The fourth-order valence-electron chi connectivity index (χ4n) is 4.96. The Morgan fingerprint density at radius 1 is 1.00 bits per heavy atom. The van der Waals surface area contributed by atoms with E-state index >= 15 is 0 Å². The van der Waals surface area contributed by atoms with Gasteiger partial charge in [0, 0.05) is 49.3 Å². The van der Waals surface area contributed by atoms with E-state index in [1.54, 1.807) is 23.1 Å². The largest absolute Gasteiger partial charge is 0.455 e. The Kier molecular flexibility index (Phi) is 6.59. The summed E-state index contributed by atoms with van der Waals surface area (Å²) in [5, 5.41) is 4.42. The van der Waals surface area contributed by atoms with Gasteiger partial charge in [0.2, 0.25) is 0 Å².